The zero-order chi connectivity index (χ0) is 19.5. The summed E-state index contributed by atoms with van der Waals surface area (Å²) in [5.74, 6) is 1.70. The number of carbonyl (C=O) groups is 1. The number of aromatic nitrogens is 1. The topological polar surface area (TPSA) is 72.8 Å². The summed E-state index contributed by atoms with van der Waals surface area (Å²) in [5.41, 5.74) is 3.97. The van der Waals surface area contributed by atoms with Crippen molar-refractivity contribution in [2.75, 3.05) is 14.2 Å². The Bertz CT molecular complexity index is 1060. The Morgan fingerprint density at radius 3 is 2.64 bits per heavy atom. The van der Waals surface area contributed by atoms with Crippen molar-refractivity contribution >= 4 is 23.1 Å². The van der Waals surface area contributed by atoms with Crippen LogP contribution in [-0.4, -0.2) is 30.9 Å². The first-order chi connectivity index (χ1) is 13.7. The Labute approximate surface area is 166 Å². The van der Waals surface area contributed by atoms with E-state index in [1.54, 1.807) is 14.2 Å². The fourth-order valence-corrected chi connectivity index (χ4v) is 3.80. The van der Waals surface area contributed by atoms with Crippen molar-refractivity contribution < 1.29 is 14.3 Å². The molecule has 0 saturated heterocycles. The number of carbonyl (C=O) groups excluding carboxylic acids is 1. The first kappa shape index (κ1) is 18.2. The molecule has 1 aliphatic heterocycles. The van der Waals surface area contributed by atoms with E-state index in [4.69, 9.17) is 9.47 Å². The van der Waals surface area contributed by atoms with Crippen LogP contribution in [-0.2, 0) is 13.0 Å². The van der Waals surface area contributed by atoms with E-state index >= 15 is 0 Å². The molecule has 1 N–H and O–H groups in total. The van der Waals surface area contributed by atoms with Gasteiger partial charge in [-0.05, 0) is 29.3 Å². The molecule has 0 fully saturated rings. The monoisotopic (exact) mass is 393 g/mol. The van der Waals surface area contributed by atoms with Crippen molar-refractivity contribution in [1.82, 2.24) is 10.3 Å². The van der Waals surface area contributed by atoms with Crippen LogP contribution >= 0.6 is 11.3 Å². The molecule has 0 unspecified atom stereocenters. The highest BCUT2D eigenvalue weighted by Gasteiger charge is 2.18. The van der Waals surface area contributed by atoms with Crippen LogP contribution in [0.15, 0.2) is 52.8 Å². The number of nitrogens with one attached hydrogen (secondary N) is 1. The minimum absolute atomic E-state index is 0.241. The van der Waals surface area contributed by atoms with Crippen molar-refractivity contribution in [3.05, 3.63) is 64.0 Å². The predicted octanol–water partition coefficient (Wildman–Crippen LogP) is 3.71. The Balaban J connectivity index is 1.49. The van der Waals surface area contributed by atoms with Gasteiger partial charge in [0.15, 0.2) is 16.5 Å². The van der Waals surface area contributed by atoms with Gasteiger partial charge in [0, 0.05) is 17.4 Å². The SMILES string of the molecule is COc1ccc(-c2csc(C(=O)NC3=NCc4ccccc4C3)n2)cc1OC. The van der Waals surface area contributed by atoms with Crippen molar-refractivity contribution in [3.8, 4) is 22.8 Å². The average Bonchev–Trinajstić information content (AvgIpc) is 3.23. The number of thiazole rings is 1. The van der Waals surface area contributed by atoms with E-state index in [1.165, 1.54) is 22.5 Å². The lowest BCUT2D eigenvalue weighted by molar-refractivity contribution is 0.0976. The summed E-state index contributed by atoms with van der Waals surface area (Å²) < 4.78 is 10.6. The van der Waals surface area contributed by atoms with Gasteiger partial charge in [0.05, 0.1) is 26.5 Å². The maximum atomic E-state index is 12.6. The highest BCUT2D eigenvalue weighted by atomic mass is 32.1. The highest BCUT2D eigenvalue weighted by Crippen LogP contribution is 2.32. The molecule has 142 valence electrons. The average molecular weight is 393 g/mol. The van der Waals surface area contributed by atoms with Crippen LogP contribution in [0.25, 0.3) is 11.3 Å². The number of aliphatic imine (C=N–C) groups is 1. The van der Waals surface area contributed by atoms with Crippen LogP contribution in [0.3, 0.4) is 0 Å². The van der Waals surface area contributed by atoms with Gasteiger partial charge in [-0.1, -0.05) is 24.3 Å². The molecule has 0 bridgehead atoms. The Morgan fingerprint density at radius 1 is 1.07 bits per heavy atom. The molecule has 0 aliphatic carbocycles. The largest absolute Gasteiger partial charge is 0.493 e. The number of ether oxygens (including phenoxy) is 2. The van der Waals surface area contributed by atoms with Crippen LogP contribution in [0, 0.1) is 0 Å². The van der Waals surface area contributed by atoms with E-state index < -0.39 is 0 Å². The van der Waals surface area contributed by atoms with Crippen molar-refractivity contribution in [2.24, 2.45) is 4.99 Å². The van der Waals surface area contributed by atoms with Gasteiger partial charge in [0.2, 0.25) is 0 Å². The summed E-state index contributed by atoms with van der Waals surface area (Å²) in [5, 5.41) is 5.15. The molecule has 1 amide bonds. The third kappa shape index (κ3) is 3.61. The molecule has 2 aromatic carbocycles. The Kier molecular flexibility index (Phi) is 5.08. The first-order valence-corrected chi connectivity index (χ1v) is 9.65. The quantitative estimate of drug-likeness (QED) is 0.733. The Morgan fingerprint density at radius 2 is 1.86 bits per heavy atom. The van der Waals surface area contributed by atoms with E-state index in [0.29, 0.717) is 41.0 Å². The molecular formula is C21H19N3O3S. The summed E-state index contributed by atoms with van der Waals surface area (Å²) in [6.07, 6.45) is 0.621. The van der Waals surface area contributed by atoms with Gasteiger partial charge in [-0.25, -0.2) is 4.98 Å². The van der Waals surface area contributed by atoms with E-state index in [0.717, 1.165) is 5.56 Å². The molecule has 28 heavy (non-hydrogen) atoms. The predicted molar refractivity (Wildman–Crippen MR) is 109 cm³/mol. The number of benzene rings is 2. The summed E-state index contributed by atoms with van der Waals surface area (Å²) >= 11 is 1.30. The molecule has 2 heterocycles. The van der Waals surface area contributed by atoms with Gasteiger partial charge >= 0.3 is 0 Å². The molecule has 6 nitrogen and oxygen atoms in total. The van der Waals surface area contributed by atoms with E-state index in [9.17, 15) is 4.79 Å². The fourth-order valence-electron chi connectivity index (χ4n) is 3.08. The molecule has 7 heteroatoms. The number of amides is 1. The summed E-state index contributed by atoms with van der Waals surface area (Å²) in [4.78, 5) is 21.6. The number of nitrogens with zero attached hydrogens (tertiary/aromatic N) is 2. The lowest BCUT2D eigenvalue weighted by Gasteiger charge is -2.16. The number of amidine groups is 1. The number of rotatable bonds is 4. The molecule has 0 spiro atoms. The van der Waals surface area contributed by atoms with Crippen LogP contribution in [0.5, 0.6) is 11.5 Å². The molecular weight excluding hydrogens is 374 g/mol. The van der Waals surface area contributed by atoms with Crippen LogP contribution < -0.4 is 14.8 Å². The molecule has 1 aliphatic rings. The van der Waals surface area contributed by atoms with Crippen LogP contribution in [0.4, 0.5) is 0 Å². The number of hydrogen-bond donors (Lipinski definition) is 1. The second-order valence-electron chi connectivity index (χ2n) is 6.27. The van der Waals surface area contributed by atoms with Crippen molar-refractivity contribution in [3.63, 3.8) is 0 Å². The summed E-state index contributed by atoms with van der Waals surface area (Å²) in [6, 6.07) is 13.7. The molecule has 4 rings (SSSR count). The van der Waals surface area contributed by atoms with Gasteiger partial charge in [0.25, 0.3) is 5.91 Å². The fraction of sp³-hybridized carbons (Fsp3) is 0.190. The maximum absolute atomic E-state index is 12.6. The van der Waals surface area contributed by atoms with E-state index in [1.807, 2.05) is 35.7 Å². The maximum Gasteiger partial charge on any atom is 0.285 e. The minimum Gasteiger partial charge on any atom is -0.493 e. The van der Waals surface area contributed by atoms with Gasteiger partial charge in [-0.2, -0.15) is 0 Å². The summed E-state index contributed by atoms with van der Waals surface area (Å²) in [7, 11) is 3.18. The van der Waals surface area contributed by atoms with E-state index in [2.05, 4.69) is 27.4 Å². The number of hydrogen-bond acceptors (Lipinski definition) is 6. The normalized spacial score (nSPS) is 12.7. The lowest BCUT2D eigenvalue weighted by atomic mass is 10.0. The van der Waals surface area contributed by atoms with Gasteiger partial charge in [0.1, 0.15) is 5.84 Å². The molecule has 0 radical (unpaired) electrons. The second kappa shape index (κ2) is 7.82. The van der Waals surface area contributed by atoms with Crippen LogP contribution in [0.1, 0.15) is 20.9 Å². The lowest BCUT2D eigenvalue weighted by Crippen LogP contribution is -2.33. The highest BCUT2D eigenvalue weighted by molar-refractivity contribution is 7.12. The smallest absolute Gasteiger partial charge is 0.285 e. The third-order valence-electron chi connectivity index (χ3n) is 4.55. The minimum atomic E-state index is -0.241. The third-order valence-corrected chi connectivity index (χ3v) is 5.39. The number of methoxy groups -OCH3 is 2. The summed E-state index contributed by atoms with van der Waals surface area (Å²) in [6.45, 7) is 0.584. The molecule has 1 aromatic heterocycles. The van der Waals surface area contributed by atoms with E-state index in [-0.39, 0.29) is 5.91 Å². The first-order valence-electron chi connectivity index (χ1n) is 8.77. The van der Waals surface area contributed by atoms with Crippen LogP contribution in [0.2, 0.25) is 0 Å². The van der Waals surface area contributed by atoms with Gasteiger partial charge < -0.3 is 14.8 Å². The molecule has 0 saturated carbocycles. The van der Waals surface area contributed by atoms with Crippen molar-refractivity contribution in [1.29, 1.82) is 0 Å². The van der Waals surface area contributed by atoms with Gasteiger partial charge in [-0.3, -0.25) is 9.79 Å². The Hall–Kier alpha value is -3.19. The van der Waals surface area contributed by atoms with Crippen molar-refractivity contribution in [2.45, 2.75) is 13.0 Å². The second-order valence-corrected chi connectivity index (χ2v) is 7.13. The molecule has 0 atom stereocenters. The zero-order valence-corrected chi connectivity index (χ0v) is 16.4. The molecule has 3 aromatic rings. The number of fused-ring (bicyclic) bond motifs is 1. The standard InChI is InChI=1S/C21H19N3O3S/c1-26-17-8-7-14(9-18(17)27-2)16-12-28-21(23-16)20(25)24-19-10-13-5-3-4-6-15(13)11-22-19/h3-9,12H,10-11H2,1-2H3,(H,22,24,25). The zero-order valence-electron chi connectivity index (χ0n) is 15.6. The van der Waals surface area contributed by atoms with Gasteiger partial charge in [-0.15, -0.1) is 11.3 Å².